The lowest BCUT2D eigenvalue weighted by Crippen LogP contribution is -2.13. The Morgan fingerprint density at radius 3 is 2.89 bits per heavy atom. The molecule has 6 nitrogen and oxygen atoms in total. The van der Waals surface area contributed by atoms with E-state index in [9.17, 15) is 5.21 Å². The van der Waals surface area contributed by atoms with Crippen molar-refractivity contribution >= 4 is 11.2 Å². The smallest absolute Gasteiger partial charge is 0.198 e. The molecule has 2 heterocycles. The molecule has 1 aromatic carbocycles. The summed E-state index contributed by atoms with van der Waals surface area (Å²) in [6, 6.07) is 9.91. The van der Waals surface area contributed by atoms with Gasteiger partial charge in [-0.15, -0.1) is 0 Å². The second kappa shape index (κ2) is 4.33. The normalized spacial score (nSPS) is 12.1. The van der Waals surface area contributed by atoms with Gasteiger partial charge in [0.2, 0.25) is 0 Å². The Bertz CT molecular complexity index is 729. The van der Waals surface area contributed by atoms with E-state index in [-0.39, 0.29) is 0 Å². The Morgan fingerprint density at radius 2 is 2.06 bits per heavy atom. The van der Waals surface area contributed by atoms with Gasteiger partial charge in [0.1, 0.15) is 11.8 Å². The van der Waals surface area contributed by atoms with Gasteiger partial charge in [0.15, 0.2) is 11.1 Å². The summed E-state index contributed by atoms with van der Waals surface area (Å²) in [6.07, 6.45) is 2.79. The molecule has 0 saturated carbocycles. The molecule has 18 heavy (non-hydrogen) atoms. The quantitative estimate of drug-likeness (QED) is 0.659. The van der Waals surface area contributed by atoms with E-state index >= 15 is 0 Å². The Morgan fingerprint density at radius 1 is 1.22 bits per heavy atom. The van der Waals surface area contributed by atoms with Crippen LogP contribution in [0.4, 0.5) is 0 Å². The number of H-pyrrole nitrogens is 1. The maximum absolute atomic E-state index is 9.50. The van der Waals surface area contributed by atoms with Crippen molar-refractivity contribution in [2.45, 2.75) is 6.54 Å². The summed E-state index contributed by atoms with van der Waals surface area (Å²) in [4.78, 5) is 15.4. The molecule has 90 valence electrons. The van der Waals surface area contributed by atoms with Crippen molar-refractivity contribution in [2.24, 2.45) is 4.99 Å². The number of aromatic nitrogens is 4. The topological polar surface area (TPSA) is 79.1 Å². The van der Waals surface area contributed by atoms with E-state index in [0.29, 0.717) is 23.2 Å². The summed E-state index contributed by atoms with van der Waals surface area (Å²) in [7, 11) is 0. The van der Waals surface area contributed by atoms with Gasteiger partial charge in [-0.1, -0.05) is 30.3 Å². The molecule has 0 unspecified atom stereocenters. The third-order valence-corrected chi connectivity index (χ3v) is 2.60. The van der Waals surface area contributed by atoms with Crippen molar-refractivity contribution in [2.75, 3.05) is 0 Å². The largest absolute Gasteiger partial charge is 0.425 e. The summed E-state index contributed by atoms with van der Waals surface area (Å²) >= 11 is 0. The zero-order valence-corrected chi connectivity index (χ0v) is 9.48. The molecule has 0 bridgehead atoms. The maximum Gasteiger partial charge on any atom is 0.198 e. The van der Waals surface area contributed by atoms with Crippen molar-refractivity contribution in [1.29, 1.82) is 0 Å². The lowest BCUT2D eigenvalue weighted by Gasteiger charge is -1.98. The Hall–Kier alpha value is -2.63. The Balaban J connectivity index is 2.04. The summed E-state index contributed by atoms with van der Waals surface area (Å²) in [6.45, 7) is 0.539. The van der Waals surface area contributed by atoms with E-state index < -0.39 is 0 Å². The highest BCUT2D eigenvalue weighted by Crippen LogP contribution is 2.02. The molecule has 0 saturated heterocycles. The van der Waals surface area contributed by atoms with Crippen LogP contribution in [0.15, 0.2) is 48.0 Å². The average molecular weight is 241 g/mol. The summed E-state index contributed by atoms with van der Waals surface area (Å²) in [5, 5.41) is 9.50. The number of aromatic amines is 1. The minimum absolute atomic E-state index is 0.414. The van der Waals surface area contributed by atoms with Gasteiger partial charge in [-0.05, 0) is 5.56 Å². The van der Waals surface area contributed by atoms with Crippen molar-refractivity contribution in [3.05, 3.63) is 54.0 Å². The summed E-state index contributed by atoms with van der Waals surface area (Å²) < 4.78 is 0.868. The van der Waals surface area contributed by atoms with Crippen LogP contribution in [0.1, 0.15) is 5.56 Å². The number of nitrogens with one attached hydrogen (secondary N) is 1. The Labute approximate surface area is 102 Å². The molecule has 0 aliphatic rings. The van der Waals surface area contributed by atoms with Crippen LogP contribution in [0.2, 0.25) is 0 Å². The van der Waals surface area contributed by atoms with E-state index in [1.165, 1.54) is 12.7 Å². The molecule has 0 atom stereocenters. The molecule has 3 aromatic rings. The third-order valence-electron chi connectivity index (χ3n) is 2.60. The van der Waals surface area contributed by atoms with Crippen molar-refractivity contribution in [1.82, 2.24) is 19.7 Å². The number of rotatable bonds is 2. The average Bonchev–Trinajstić information content (AvgIpc) is 2.90. The van der Waals surface area contributed by atoms with E-state index in [1.54, 1.807) is 0 Å². The molecule has 0 fully saturated rings. The SMILES string of the molecule is On1cnc(=NCc2ccccc2)c2[nH]cnc21. The second-order valence-electron chi connectivity index (χ2n) is 3.82. The molecule has 0 spiro atoms. The van der Waals surface area contributed by atoms with Crippen LogP contribution in [-0.2, 0) is 6.54 Å². The van der Waals surface area contributed by atoms with Gasteiger partial charge in [-0.3, -0.25) is 4.99 Å². The molecular weight excluding hydrogens is 230 g/mol. The van der Waals surface area contributed by atoms with Gasteiger partial charge in [-0.25, -0.2) is 9.97 Å². The van der Waals surface area contributed by atoms with E-state index in [1.807, 2.05) is 30.3 Å². The lowest BCUT2D eigenvalue weighted by atomic mass is 10.2. The van der Waals surface area contributed by atoms with Crippen molar-refractivity contribution < 1.29 is 5.21 Å². The van der Waals surface area contributed by atoms with Crippen molar-refractivity contribution in [3.63, 3.8) is 0 Å². The van der Waals surface area contributed by atoms with Crippen LogP contribution in [-0.4, -0.2) is 24.9 Å². The number of imidazole rings is 1. The molecule has 0 aliphatic heterocycles. The highest BCUT2D eigenvalue weighted by atomic mass is 16.5. The van der Waals surface area contributed by atoms with Crippen LogP contribution >= 0.6 is 0 Å². The predicted molar refractivity (Wildman–Crippen MR) is 64.8 cm³/mol. The van der Waals surface area contributed by atoms with E-state index in [2.05, 4.69) is 19.9 Å². The number of fused-ring (bicyclic) bond motifs is 1. The summed E-state index contributed by atoms with van der Waals surface area (Å²) in [5.74, 6) is 0. The van der Waals surface area contributed by atoms with Gasteiger partial charge >= 0.3 is 0 Å². The first-order valence-electron chi connectivity index (χ1n) is 5.49. The van der Waals surface area contributed by atoms with Gasteiger partial charge in [0, 0.05) is 0 Å². The fourth-order valence-corrected chi connectivity index (χ4v) is 1.72. The van der Waals surface area contributed by atoms with E-state index in [4.69, 9.17) is 0 Å². The molecule has 2 N–H and O–H groups in total. The number of hydrogen-bond acceptors (Lipinski definition) is 4. The highest BCUT2D eigenvalue weighted by Gasteiger charge is 2.03. The van der Waals surface area contributed by atoms with Crippen LogP contribution in [0.3, 0.4) is 0 Å². The fraction of sp³-hybridized carbons (Fsp3) is 0.0833. The van der Waals surface area contributed by atoms with E-state index in [0.717, 1.165) is 10.3 Å². The fourth-order valence-electron chi connectivity index (χ4n) is 1.72. The molecule has 0 radical (unpaired) electrons. The first kappa shape index (κ1) is 10.5. The van der Waals surface area contributed by atoms with Gasteiger partial charge in [-0.2, -0.15) is 4.73 Å². The van der Waals surface area contributed by atoms with Gasteiger partial charge in [0.05, 0.1) is 12.9 Å². The monoisotopic (exact) mass is 241 g/mol. The standard InChI is InChI=1S/C12H11N5O/c18-17-8-16-11(10-12(17)15-7-14-10)13-6-9-4-2-1-3-5-9/h1-5,7-8,18H,6H2,(H,14,15). The molecule has 3 rings (SSSR count). The number of hydrogen-bond donors (Lipinski definition) is 2. The number of benzene rings is 1. The molecule has 0 amide bonds. The van der Waals surface area contributed by atoms with Crippen molar-refractivity contribution in [3.8, 4) is 0 Å². The van der Waals surface area contributed by atoms with Gasteiger partial charge in [0.25, 0.3) is 0 Å². The molecule has 6 heteroatoms. The van der Waals surface area contributed by atoms with Crippen LogP contribution < -0.4 is 5.49 Å². The predicted octanol–water partition coefficient (Wildman–Crippen LogP) is 1.10. The number of nitrogens with zero attached hydrogens (tertiary/aromatic N) is 4. The zero-order chi connectivity index (χ0) is 12.4. The Kier molecular flexibility index (Phi) is 2.53. The lowest BCUT2D eigenvalue weighted by molar-refractivity contribution is 0.192. The maximum atomic E-state index is 9.50. The minimum Gasteiger partial charge on any atom is -0.425 e. The third kappa shape index (κ3) is 1.84. The zero-order valence-electron chi connectivity index (χ0n) is 9.48. The minimum atomic E-state index is 0.414. The van der Waals surface area contributed by atoms with Crippen LogP contribution in [0.5, 0.6) is 0 Å². The molecule has 2 aromatic heterocycles. The molecule has 0 aliphatic carbocycles. The second-order valence-corrected chi connectivity index (χ2v) is 3.82. The summed E-state index contributed by atoms with van der Waals surface area (Å²) in [5.41, 5.74) is 2.68. The first-order valence-corrected chi connectivity index (χ1v) is 5.49. The van der Waals surface area contributed by atoms with Crippen LogP contribution in [0.25, 0.3) is 11.2 Å². The first-order chi connectivity index (χ1) is 8.84. The highest BCUT2D eigenvalue weighted by molar-refractivity contribution is 5.67. The van der Waals surface area contributed by atoms with Gasteiger partial charge < -0.3 is 10.2 Å². The molecular formula is C12H11N5O. The van der Waals surface area contributed by atoms with Crippen LogP contribution in [0, 0.1) is 0 Å².